The highest BCUT2D eigenvalue weighted by Gasteiger charge is 2.30. The summed E-state index contributed by atoms with van der Waals surface area (Å²) >= 11 is 0. The van der Waals surface area contributed by atoms with Gasteiger partial charge >= 0.3 is 6.36 Å². The summed E-state index contributed by atoms with van der Waals surface area (Å²) in [7, 11) is 0. The highest BCUT2D eigenvalue weighted by molar-refractivity contribution is 5.90. The fourth-order valence-corrected chi connectivity index (χ4v) is 2.74. The summed E-state index contributed by atoms with van der Waals surface area (Å²) in [6, 6.07) is 13.3. The zero-order chi connectivity index (χ0) is 22.4. The minimum atomic E-state index is -4.79. The normalized spacial score (nSPS) is 11.2. The number of hydrogen-bond acceptors (Lipinski definition) is 4. The van der Waals surface area contributed by atoms with E-state index in [4.69, 9.17) is 0 Å². The van der Waals surface area contributed by atoms with E-state index in [1.807, 2.05) is 0 Å². The zero-order valence-corrected chi connectivity index (χ0v) is 16.0. The number of benzene rings is 2. The van der Waals surface area contributed by atoms with Gasteiger partial charge in [-0.25, -0.2) is 9.07 Å². The third-order valence-electron chi connectivity index (χ3n) is 4.15. The van der Waals surface area contributed by atoms with Crippen molar-refractivity contribution in [3.8, 4) is 17.0 Å². The Bertz CT molecular complexity index is 1090. The number of anilines is 1. The summed E-state index contributed by atoms with van der Waals surface area (Å²) in [6.07, 6.45) is -4.42. The fraction of sp³-hybridized carbons (Fsp3) is 0.190. The molecule has 0 aliphatic carbocycles. The predicted molar refractivity (Wildman–Crippen MR) is 105 cm³/mol. The van der Waals surface area contributed by atoms with Gasteiger partial charge in [0, 0.05) is 30.3 Å². The molecule has 1 N–H and O–H groups in total. The van der Waals surface area contributed by atoms with E-state index in [-0.39, 0.29) is 30.2 Å². The van der Waals surface area contributed by atoms with Crippen molar-refractivity contribution >= 4 is 11.6 Å². The van der Waals surface area contributed by atoms with Gasteiger partial charge in [0.15, 0.2) is 0 Å². The van der Waals surface area contributed by atoms with Gasteiger partial charge < -0.3 is 10.1 Å². The van der Waals surface area contributed by atoms with Crippen LogP contribution in [0.2, 0.25) is 0 Å². The molecule has 6 nitrogen and oxygen atoms in total. The first-order chi connectivity index (χ1) is 14.7. The minimum Gasteiger partial charge on any atom is -0.406 e. The van der Waals surface area contributed by atoms with Crippen LogP contribution >= 0.6 is 0 Å². The molecular formula is C21H17F4N3O3. The molecule has 31 heavy (non-hydrogen) atoms. The van der Waals surface area contributed by atoms with Crippen molar-refractivity contribution in [1.29, 1.82) is 0 Å². The Kier molecular flexibility index (Phi) is 6.68. The smallest absolute Gasteiger partial charge is 0.406 e. The molecule has 0 aliphatic heterocycles. The van der Waals surface area contributed by atoms with Crippen molar-refractivity contribution in [3.05, 3.63) is 76.8 Å². The summed E-state index contributed by atoms with van der Waals surface area (Å²) in [6.45, 7) is 0.180. The van der Waals surface area contributed by atoms with Gasteiger partial charge in [0.05, 0.1) is 5.69 Å². The number of aromatic nitrogens is 2. The maximum atomic E-state index is 13.1. The van der Waals surface area contributed by atoms with Crippen LogP contribution in [0, 0.1) is 5.82 Å². The van der Waals surface area contributed by atoms with Gasteiger partial charge in [-0.2, -0.15) is 5.10 Å². The van der Waals surface area contributed by atoms with Crippen LogP contribution in [0.5, 0.6) is 5.75 Å². The van der Waals surface area contributed by atoms with E-state index < -0.39 is 12.1 Å². The van der Waals surface area contributed by atoms with Gasteiger partial charge in [0.2, 0.25) is 5.91 Å². The first-order valence-corrected chi connectivity index (χ1v) is 9.19. The topological polar surface area (TPSA) is 73.2 Å². The molecule has 0 aliphatic rings. The van der Waals surface area contributed by atoms with Crippen LogP contribution in [0.15, 0.2) is 65.5 Å². The minimum absolute atomic E-state index is 0.0652. The molecule has 1 heterocycles. The third kappa shape index (κ3) is 6.66. The number of nitrogens with zero attached hydrogens (tertiary/aromatic N) is 2. The van der Waals surface area contributed by atoms with Gasteiger partial charge in [-0.3, -0.25) is 9.59 Å². The van der Waals surface area contributed by atoms with Crippen LogP contribution in [-0.4, -0.2) is 22.1 Å². The largest absolute Gasteiger partial charge is 0.573 e. The van der Waals surface area contributed by atoms with Crippen LogP contribution in [-0.2, 0) is 11.3 Å². The second-order valence-corrected chi connectivity index (χ2v) is 6.51. The van der Waals surface area contributed by atoms with Crippen LogP contribution in [0.4, 0.5) is 23.2 Å². The van der Waals surface area contributed by atoms with E-state index in [2.05, 4.69) is 15.2 Å². The maximum Gasteiger partial charge on any atom is 0.573 e. The SMILES string of the molecule is O=C(CCCn1nc(-c2ccc(F)cc2)ccc1=O)Nc1ccc(OC(F)(F)F)cc1. The number of alkyl halides is 3. The lowest BCUT2D eigenvalue weighted by atomic mass is 10.1. The molecule has 0 radical (unpaired) electrons. The maximum absolute atomic E-state index is 13.1. The lowest BCUT2D eigenvalue weighted by Gasteiger charge is -2.10. The van der Waals surface area contributed by atoms with Gasteiger partial charge in [-0.1, -0.05) is 0 Å². The van der Waals surface area contributed by atoms with E-state index >= 15 is 0 Å². The van der Waals surface area contributed by atoms with E-state index in [0.717, 1.165) is 12.1 Å². The molecule has 2 aromatic carbocycles. The van der Waals surface area contributed by atoms with Crippen LogP contribution in [0.1, 0.15) is 12.8 Å². The van der Waals surface area contributed by atoms with Crippen molar-refractivity contribution < 1.29 is 27.1 Å². The molecule has 0 saturated carbocycles. The third-order valence-corrected chi connectivity index (χ3v) is 4.15. The molecule has 0 fully saturated rings. The number of halogens is 4. The fourth-order valence-electron chi connectivity index (χ4n) is 2.74. The van der Waals surface area contributed by atoms with E-state index in [1.54, 1.807) is 12.1 Å². The molecule has 0 unspecified atom stereocenters. The monoisotopic (exact) mass is 435 g/mol. The van der Waals surface area contributed by atoms with Crippen LogP contribution < -0.4 is 15.6 Å². The molecule has 0 saturated heterocycles. The molecule has 0 spiro atoms. The first kappa shape index (κ1) is 22.0. The Labute approximate surface area is 174 Å². The molecular weight excluding hydrogens is 418 g/mol. The molecule has 3 aromatic rings. The Morgan fingerprint density at radius 3 is 2.32 bits per heavy atom. The van der Waals surface area contributed by atoms with Crippen LogP contribution in [0.25, 0.3) is 11.3 Å². The number of rotatable bonds is 7. The molecule has 0 atom stereocenters. The van der Waals surface area contributed by atoms with Crippen LogP contribution in [0.3, 0.4) is 0 Å². The molecule has 0 bridgehead atoms. The van der Waals surface area contributed by atoms with Crippen molar-refractivity contribution in [2.75, 3.05) is 5.32 Å². The first-order valence-electron chi connectivity index (χ1n) is 9.19. The van der Waals surface area contributed by atoms with Crippen molar-refractivity contribution in [2.24, 2.45) is 0 Å². The van der Waals surface area contributed by atoms with Crippen molar-refractivity contribution in [1.82, 2.24) is 9.78 Å². The molecule has 162 valence electrons. The second-order valence-electron chi connectivity index (χ2n) is 6.51. The summed E-state index contributed by atoms with van der Waals surface area (Å²) in [5.74, 6) is -1.14. The molecule has 10 heteroatoms. The van der Waals surface area contributed by atoms with E-state index in [1.165, 1.54) is 41.1 Å². The highest BCUT2D eigenvalue weighted by atomic mass is 19.4. The standard InChI is InChI=1S/C21H17F4N3O3/c22-15-5-3-14(4-6-15)18-11-12-20(30)28(27-18)13-1-2-19(29)26-16-7-9-17(10-8-16)31-21(23,24)25/h3-12H,1-2,13H2,(H,26,29). The average Bonchev–Trinajstić information content (AvgIpc) is 2.70. The summed E-state index contributed by atoms with van der Waals surface area (Å²) in [5, 5.41) is 6.79. The van der Waals surface area contributed by atoms with E-state index in [0.29, 0.717) is 23.4 Å². The Morgan fingerprint density at radius 2 is 1.68 bits per heavy atom. The van der Waals surface area contributed by atoms with Crippen molar-refractivity contribution in [3.63, 3.8) is 0 Å². The predicted octanol–water partition coefficient (Wildman–Crippen LogP) is 4.37. The molecule has 3 rings (SSSR count). The Hall–Kier alpha value is -3.69. The Morgan fingerprint density at radius 1 is 1.00 bits per heavy atom. The zero-order valence-electron chi connectivity index (χ0n) is 16.0. The lowest BCUT2D eigenvalue weighted by Crippen LogP contribution is -2.23. The van der Waals surface area contributed by atoms with Crippen molar-refractivity contribution in [2.45, 2.75) is 25.7 Å². The number of carbonyl (C=O) groups is 1. The number of ether oxygens (including phenoxy) is 1. The average molecular weight is 435 g/mol. The summed E-state index contributed by atoms with van der Waals surface area (Å²) < 4.78 is 54.5. The second kappa shape index (κ2) is 9.41. The number of nitrogens with one attached hydrogen (secondary N) is 1. The number of amides is 1. The summed E-state index contributed by atoms with van der Waals surface area (Å²) in [4.78, 5) is 24.1. The van der Waals surface area contributed by atoms with Gasteiger partial charge in [0.25, 0.3) is 5.56 Å². The lowest BCUT2D eigenvalue weighted by molar-refractivity contribution is -0.274. The van der Waals surface area contributed by atoms with Gasteiger partial charge in [-0.05, 0) is 61.0 Å². The molecule has 1 amide bonds. The Balaban J connectivity index is 1.54. The quantitative estimate of drug-likeness (QED) is 0.560. The van der Waals surface area contributed by atoms with Gasteiger partial charge in [-0.15, -0.1) is 13.2 Å². The van der Waals surface area contributed by atoms with E-state index in [9.17, 15) is 27.2 Å². The number of aryl methyl sites for hydroxylation is 1. The highest BCUT2D eigenvalue weighted by Crippen LogP contribution is 2.24. The number of hydrogen-bond donors (Lipinski definition) is 1. The molecule has 1 aromatic heterocycles. The summed E-state index contributed by atoms with van der Waals surface area (Å²) in [5.41, 5.74) is 1.11. The van der Waals surface area contributed by atoms with Gasteiger partial charge in [0.1, 0.15) is 11.6 Å². The number of carbonyl (C=O) groups excluding carboxylic acids is 1.